The van der Waals surface area contributed by atoms with E-state index in [1.165, 1.54) is 17.8 Å². The molecule has 6 heteroatoms. The lowest BCUT2D eigenvalue weighted by molar-refractivity contribution is 0.562. The van der Waals surface area contributed by atoms with Gasteiger partial charge in [-0.2, -0.15) is 0 Å². The summed E-state index contributed by atoms with van der Waals surface area (Å²) >= 11 is 1.19. The highest BCUT2D eigenvalue weighted by atomic mass is 32.2. The molecule has 0 aliphatic rings. The third-order valence-corrected chi connectivity index (χ3v) is 6.41. The van der Waals surface area contributed by atoms with Crippen LogP contribution in [0.4, 0.5) is 10.1 Å². The van der Waals surface area contributed by atoms with E-state index < -0.39 is 20.4 Å². The molecule has 18 heavy (non-hydrogen) atoms. The molecule has 0 saturated carbocycles. The fraction of sp³-hybridized carbons (Fsp3) is 0.500. The van der Waals surface area contributed by atoms with Gasteiger partial charge in [-0.05, 0) is 39.0 Å². The molecule has 0 amide bonds. The molecule has 0 atom stereocenters. The van der Waals surface area contributed by atoms with Crippen molar-refractivity contribution in [1.29, 1.82) is 0 Å². The van der Waals surface area contributed by atoms with Crippen LogP contribution < -0.4 is 5.73 Å². The topological polar surface area (TPSA) is 60.2 Å². The summed E-state index contributed by atoms with van der Waals surface area (Å²) in [6.45, 7) is 4.99. The summed E-state index contributed by atoms with van der Waals surface area (Å²) in [6.07, 6.45) is 0. The van der Waals surface area contributed by atoms with Crippen LogP contribution in [-0.4, -0.2) is 24.7 Å². The molecule has 1 aromatic carbocycles. The molecule has 0 unspecified atom stereocenters. The maximum atomic E-state index is 13.5. The molecule has 3 nitrogen and oxygen atoms in total. The lowest BCUT2D eigenvalue weighted by Crippen LogP contribution is -2.31. The number of nitrogens with two attached hydrogens (primary N) is 1. The van der Waals surface area contributed by atoms with Gasteiger partial charge in [0.2, 0.25) is 0 Å². The summed E-state index contributed by atoms with van der Waals surface area (Å²) < 4.78 is 36.4. The molecular weight excluding hydrogens is 273 g/mol. The van der Waals surface area contributed by atoms with E-state index >= 15 is 0 Å². The second kappa shape index (κ2) is 5.48. The minimum Gasteiger partial charge on any atom is -0.399 e. The first-order chi connectivity index (χ1) is 8.13. The molecule has 0 aliphatic carbocycles. The molecule has 0 aliphatic heterocycles. The van der Waals surface area contributed by atoms with Crippen LogP contribution in [0.2, 0.25) is 0 Å². The van der Waals surface area contributed by atoms with E-state index in [9.17, 15) is 12.8 Å². The number of benzene rings is 1. The molecule has 0 spiro atoms. The first-order valence-electron chi connectivity index (χ1n) is 5.53. The van der Waals surface area contributed by atoms with Gasteiger partial charge in [0.15, 0.2) is 9.84 Å². The molecule has 102 valence electrons. The summed E-state index contributed by atoms with van der Waals surface area (Å²) in [7, 11) is -3.16. The summed E-state index contributed by atoms with van der Waals surface area (Å²) in [5.41, 5.74) is 5.80. The minimum atomic E-state index is -3.16. The molecule has 0 aromatic heterocycles. The number of rotatable bonds is 4. The molecule has 0 heterocycles. The van der Waals surface area contributed by atoms with E-state index in [1.807, 2.05) is 0 Å². The summed E-state index contributed by atoms with van der Waals surface area (Å²) in [6, 6.07) is 4.41. The molecule has 2 N–H and O–H groups in total. The first kappa shape index (κ1) is 15.3. The number of hydrogen-bond donors (Lipinski definition) is 1. The monoisotopic (exact) mass is 291 g/mol. The lowest BCUT2D eigenvalue weighted by atomic mass is 10.3. The van der Waals surface area contributed by atoms with Crippen LogP contribution in [0.3, 0.4) is 0 Å². The average molecular weight is 291 g/mol. The van der Waals surface area contributed by atoms with E-state index in [4.69, 9.17) is 5.73 Å². The van der Waals surface area contributed by atoms with Crippen molar-refractivity contribution in [3.05, 3.63) is 24.0 Å². The molecule has 0 bridgehead atoms. The third kappa shape index (κ3) is 3.88. The SMILES string of the molecule is CC(C)(C)S(=O)(=O)CCSc1ccc(N)cc1F. The zero-order chi connectivity index (χ0) is 14.0. The predicted molar refractivity (Wildman–Crippen MR) is 75.1 cm³/mol. The van der Waals surface area contributed by atoms with Crippen LogP contribution in [0.5, 0.6) is 0 Å². The zero-order valence-corrected chi connectivity index (χ0v) is 12.4. The Morgan fingerprint density at radius 1 is 1.33 bits per heavy atom. The van der Waals surface area contributed by atoms with Gasteiger partial charge in [0.25, 0.3) is 0 Å². The number of thioether (sulfide) groups is 1. The van der Waals surface area contributed by atoms with Crippen molar-refractivity contribution < 1.29 is 12.8 Å². The maximum Gasteiger partial charge on any atom is 0.156 e. The van der Waals surface area contributed by atoms with E-state index in [2.05, 4.69) is 0 Å². The van der Waals surface area contributed by atoms with Gasteiger partial charge in [0, 0.05) is 16.3 Å². The van der Waals surface area contributed by atoms with Crippen molar-refractivity contribution >= 4 is 27.3 Å². The van der Waals surface area contributed by atoms with E-state index in [-0.39, 0.29) is 5.75 Å². The Kier molecular flexibility index (Phi) is 4.66. The molecule has 0 radical (unpaired) electrons. The fourth-order valence-corrected chi connectivity index (χ4v) is 3.61. The van der Waals surface area contributed by atoms with Crippen molar-refractivity contribution in [2.24, 2.45) is 0 Å². The second-order valence-corrected chi connectivity index (χ2v) is 8.97. The van der Waals surface area contributed by atoms with Gasteiger partial charge >= 0.3 is 0 Å². The lowest BCUT2D eigenvalue weighted by Gasteiger charge is -2.18. The van der Waals surface area contributed by atoms with Crippen LogP contribution in [0, 0.1) is 5.82 Å². The van der Waals surface area contributed by atoms with Crippen molar-refractivity contribution in [2.45, 2.75) is 30.4 Å². The zero-order valence-electron chi connectivity index (χ0n) is 10.7. The molecule has 0 fully saturated rings. The minimum absolute atomic E-state index is 0.0327. The van der Waals surface area contributed by atoms with Gasteiger partial charge in [-0.25, -0.2) is 12.8 Å². The summed E-state index contributed by atoms with van der Waals surface area (Å²) in [5, 5.41) is 0. The Bertz CT molecular complexity index is 521. The Morgan fingerprint density at radius 3 is 2.44 bits per heavy atom. The van der Waals surface area contributed by atoms with E-state index in [0.29, 0.717) is 16.3 Å². The Hall–Kier alpha value is -0.750. The van der Waals surface area contributed by atoms with Gasteiger partial charge in [-0.15, -0.1) is 11.8 Å². The van der Waals surface area contributed by atoms with Crippen LogP contribution in [0.15, 0.2) is 23.1 Å². The number of hydrogen-bond acceptors (Lipinski definition) is 4. The van der Waals surface area contributed by atoms with Crippen LogP contribution >= 0.6 is 11.8 Å². The standard InChI is InChI=1S/C12H18FNO2S2/c1-12(2,3)18(15,16)7-6-17-11-5-4-9(14)8-10(11)13/h4-5,8H,6-7,14H2,1-3H3. The summed E-state index contributed by atoms with van der Waals surface area (Å²) in [4.78, 5) is 0.424. The third-order valence-electron chi connectivity index (χ3n) is 2.50. The van der Waals surface area contributed by atoms with Crippen LogP contribution in [0.1, 0.15) is 20.8 Å². The van der Waals surface area contributed by atoms with Gasteiger partial charge in [-0.3, -0.25) is 0 Å². The molecule has 1 aromatic rings. The predicted octanol–water partition coefficient (Wildman–Crippen LogP) is 2.71. The van der Waals surface area contributed by atoms with Gasteiger partial charge in [0.1, 0.15) is 5.82 Å². The smallest absolute Gasteiger partial charge is 0.156 e. The Morgan fingerprint density at radius 2 is 1.94 bits per heavy atom. The average Bonchev–Trinajstić information content (AvgIpc) is 2.19. The highest BCUT2D eigenvalue weighted by molar-refractivity contribution is 8.01. The second-order valence-electron chi connectivity index (χ2n) is 4.97. The normalized spacial score (nSPS) is 12.7. The number of halogens is 1. The highest BCUT2D eigenvalue weighted by Gasteiger charge is 2.28. The Balaban J connectivity index is 2.63. The van der Waals surface area contributed by atoms with Crippen molar-refractivity contribution in [1.82, 2.24) is 0 Å². The quantitative estimate of drug-likeness (QED) is 0.684. The highest BCUT2D eigenvalue weighted by Crippen LogP contribution is 2.25. The molecule has 1 rings (SSSR count). The number of sulfone groups is 1. The van der Waals surface area contributed by atoms with Crippen LogP contribution in [0.25, 0.3) is 0 Å². The van der Waals surface area contributed by atoms with Crippen molar-refractivity contribution in [3.63, 3.8) is 0 Å². The summed E-state index contributed by atoms with van der Waals surface area (Å²) in [5.74, 6) is -0.0426. The molecular formula is C12H18FNO2S2. The van der Waals surface area contributed by atoms with Crippen LogP contribution in [-0.2, 0) is 9.84 Å². The van der Waals surface area contributed by atoms with Gasteiger partial charge < -0.3 is 5.73 Å². The van der Waals surface area contributed by atoms with Gasteiger partial charge in [0.05, 0.1) is 10.5 Å². The number of nitrogen functional groups attached to an aromatic ring is 1. The van der Waals surface area contributed by atoms with Crippen molar-refractivity contribution in [2.75, 3.05) is 17.2 Å². The number of anilines is 1. The largest absolute Gasteiger partial charge is 0.399 e. The maximum absolute atomic E-state index is 13.5. The first-order valence-corrected chi connectivity index (χ1v) is 8.17. The Labute approximate surface area is 112 Å². The van der Waals surface area contributed by atoms with Gasteiger partial charge in [-0.1, -0.05) is 0 Å². The fourth-order valence-electron chi connectivity index (χ4n) is 1.20. The van der Waals surface area contributed by atoms with E-state index in [0.717, 1.165) is 0 Å². The molecule has 0 saturated heterocycles. The van der Waals surface area contributed by atoms with Crippen molar-refractivity contribution in [3.8, 4) is 0 Å². The van der Waals surface area contributed by atoms with E-state index in [1.54, 1.807) is 32.9 Å².